The van der Waals surface area contributed by atoms with Crippen molar-refractivity contribution in [2.45, 2.75) is 73.1 Å². The highest BCUT2D eigenvalue weighted by Gasteiger charge is 2.48. The van der Waals surface area contributed by atoms with Gasteiger partial charge in [-0.05, 0) is 78.5 Å². The number of carbonyl (C=O) groups is 3. The molecule has 2 aromatic carbocycles. The van der Waals surface area contributed by atoms with Crippen molar-refractivity contribution in [3.05, 3.63) is 80.7 Å². The fourth-order valence-corrected chi connectivity index (χ4v) is 6.71. The van der Waals surface area contributed by atoms with Gasteiger partial charge in [-0.2, -0.15) is 0 Å². The lowest BCUT2D eigenvalue weighted by Gasteiger charge is -2.47. The maximum absolute atomic E-state index is 13.7. The number of Topliss-reactive ketones (excluding diaryl/α,β-unsaturated/α-hetero) is 2. The lowest BCUT2D eigenvalue weighted by molar-refractivity contribution is -0.120. The van der Waals surface area contributed by atoms with Crippen molar-refractivity contribution >= 4 is 34.8 Å². The molecule has 216 valence electrons. The van der Waals surface area contributed by atoms with Crippen molar-refractivity contribution in [3.63, 3.8) is 0 Å². The normalized spacial score (nSPS) is 20.1. The number of hydrogen-bond acceptors (Lipinski definition) is 5. The van der Waals surface area contributed by atoms with Crippen LogP contribution in [0.5, 0.6) is 5.75 Å². The van der Waals surface area contributed by atoms with E-state index in [0.29, 0.717) is 40.4 Å². The molecule has 3 aliphatic rings. The molecule has 0 bridgehead atoms. The second-order valence-electron chi connectivity index (χ2n) is 13.4. The summed E-state index contributed by atoms with van der Waals surface area (Å²) in [6.07, 6.45) is 2.39. The largest absolute Gasteiger partial charge is 0.482 e. The summed E-state index contributed by atoms with van der Waals surface area (Å²) >= 11 is 6.70. The molecule has 0 fully saturated rings. The first-order valence-electron chi connectivity index (χ1n) is 14.2. The number of amides is 1. The van der Waals surface area contributed by atoms with Gasteiger partial charge in [0.2, 0.25) is 0 Å². The number of anilines is 1. The van der Waals surface area contributed by atoms with Crippen LogP contribution in [-0.2, 0) is 14.4 Å². The van der Waals surface area contributed by atoms with Crippen LogP contribution in [-0.4, -0.2) is 36.0 Å². The third-order valence-corrected chi connectivity index (χ3v) is 8.91. The third kappa shape index (κ3) is 5.72. The van der Waals surface area contributed by atoms with Gasteiger partial charge in [0, 0.05) is 54.0 Å². The molecular formula is C34H39ClN2O4. The molecule has 2 aromatic rings. The van der Waals surface area contributed by atoms with Crippen molar-refractivity contribution in [2.75, 3.05) is 19.0 Å². The van der Waals surface area contributed by atoms with Gasteiger partial charge in [-0.3, -0.25) is 14.4 Å². The van der Waals surface area contributed by atoms with Crippen molar-refractivity contribution in [3.8, 4) is 5.75 Å². The Bertz CT molecular complexity index is 1480. The summed E-state index contributed by atoms with van der Waals surface area (Å²) in [7, 11) is 2.00. The fourth-order valence-electron chi connectivity index (χ4n) is 6.47. The van der Waals surface area contributed by atoms with Gasteiger partial charge < -0.3 is 15.0 Å². The van der Waals surface area contributed by atoms with E-state index in [1.807, 2.05) is 45.2 Å². The average Bonchev–Trinajstić information content (AvgIpc) is 2.85. The first kappa shape index (κ1) is 29.1. The Balaban J connectivity index is 1.45. The molecule has 0 aromatic heterocycles. The molecule has 0 saturated heterocycles. The highest BCUT2D eigenvalue weighted by molar-refractivity contribution is 6.32. The van der Waals surface area contributed by atoms with E-state index < -0.39 is 5.92 Å². The van der Waals surface area contributed by atoms with Gasteiger partial charge in [0.05, 0.1) is 5.02 Å². The van der Waals surface area contributed by atoms with Crippen LogP contribution >= 0.6 is 11.6 Å². The first-order valence-corrected chi connectivity index (χ1v) is 14.6. The summed E-state index contributed by atoms with van der Waals surface area (Å²) < 4.78 is 5.78. The topological polar surface area (TPSA) is 75.7 Å². The number of halogens is 1. The van der Waals surface area contributed by atoms with E-state index in [2.05, 4.69) is 37.9 Å². The molecule has 0 atom stereocenters. The second-order valence-corrected chi connectivity index (χ2v) is 13.8. The average molecular weight is 575 g/mol. The van der Waals surface area contributed by atoms with Crippen LogP contribution in [0, 0.1) is 24.7 Å². The number of allylic oxidation sites excluding steroid dienone is 4. The smallest absolute Gasteiger partial charge is 0.262 e. The van der Waals surface area contributed by atoms with E-state index in [-0.39, 0.29) is 34.9 Å². The molecule has 1 amide bonds. The van der Waals surface area contributed by atoms with Gasteiger partial charge in [0.25, 0.3) is 5.91 Å². The standard InChI is InChI=1S/C34H39ClN2O4/c1-19-8-10-22(12-20(19)2)36-29(40)18-41-28-11-9-21(13-23(28)35)30-31-24(14-33(3,4)16-26(31)38)37(7)25-15-34(5,6)17-27(39)32(25)30/h8-13,30H,14-18H2,1-7H3,(H,36,40). The Morgan fingerprint density at radius 3 is 2.02 bits per heavy atom. The van der Waals surface area contributed by atoms with Crippen molar-refractivity contribution in [1.29, 1.82) is 0 Å². The highest BCUT2D eigenvalue weighted by Crippen LogP contribution is 2.54. The second kappa shape index (κ2) is 10.5. The maximum Gasteiger partial charge on any atom is 0.262 e. The zero-order chi connectivity index (χ0) is 29.9. The Kier molecular flexibility index (Phi) is 7.44. The van der Waals surface area contributed by atoms with E-state index in [4.69, 9.17) is 16.3 Å². The molecule has 0 saturated carbocycles. The molecule has 5 rings (SSSR count). The van der Waals surface area contributed by atoms with Crippen LogP contribution in [0.25, 0.3) is 0 Å². The lowest BCUT2D eigenvalue weighted by Crippen LogP contribution is -2.43. The van der Waals surface area contributed by atoms with Crippen molar-refractivity contribution < 1.29 is 19.1 Å². The van der Waals surface area contributed by atoms with Gasteiger partial charge in [-0.25, -0.2) is 0 Å². The summed E-state index contributed by atoms with van der Waals surface area (Å²) in [5, 5.41) is 3.18. The minimum atomic E-state index is -0.469. The van der Waals surface area contributed by atoms with Crippen LogP contribution in [0.1, 0.15) is 76.0 Å². The molecule has 0 radical (unpaired) electrons. The number of carbonyl (C=O) groups excluding carboxylic acids is 3. The molecule has 0 unspecified atom stereocenters. The molecule has 6 nitrogen and oxygen atoms in total. The minimum absolute atomic E-state index is 0.0803. The number of nitrogens with zero attached hydrogens (tertiary/aromatic N) is 1. The Labute approximate surface area is 247 Å². The van der Waals surface area contributed by atoms with Crippen molar-refractivity contribution in [1.82, 2.24) is 4.90 Å². The number of aryl methyl sites for hydroxylation is 2. The van der Waals surface area contributed by atoms with Gasteiger partial charge in [-0.15, -0.1) is 0 Å². The number of benzene rings is 2. The summed E-state index contributed by atoms with van der Waals surface area (Å²) in [5.41, 5.74) is 6.83. The molecule has 2 aliphatic carbocycles. The zero-order valence-electron chi connectivity index (χ0n) is 25.0. The van der Waals surface area contributed by atoms with Crippen LogP contribution in [0.15, 0.2) is 58.9 Å². The van der Waals surface area contributed by atoms with Gasteiger partial charge in [0.1, 0.15) is 5.75 Å². The minimum Gasteiger partial charge on any atom is -0.482 e. The quantitative estimate of drug-likeness (QED) is 0.406. The van der Waals surface area contributed by atoms with Crippen LogP contribution in [0.2, 0.25) is 5.02 Å². The summed E-state index contributed by atoms with van der Waals surface area (Å²) in [6, 6.07) is 11.1. The summed E-state index contributed by atoms with van der Waals surface area (Å²) in [4.78, 5) is 42.0. The predicted molar refractivity (Wildman–Crippen MR) is 162 cm³/mol. The predicted octanol–water partition coefficient (Wildman–Crippen LogP) is 7.29. The SMILES string of the molecule is Cc1ccc(NC(=O)COc2ccc(C3C4=C(CC(C)(C)CC4=O)N(C)C4=C3C(=O)CC(C)(C)C4)cc2Cl)cc1C. The van der Waals surface area contributed by atoms with Crippen LogP contribution in [0.3, 0.4) is 0 Å². The highest BCUT2D eigenvalue weighted by atomic mass is 35.5. The van der Waals surface area contributed by atoms with Crippen molar-refractivity contribution in [2.24, 2.45) is 10.8 Å². The van der Waals surface area contributed by atoms with E-state index in [0.717, 1.165) is 40.9 Å². The number of ether oxygens (including phenoxy) is 1. The maximum atomic E-state index is 13.7. The third-order valence-electron chi connectivity index (χ3n) is 8.62. The molecule has 1 N–H and O–H groups in total. The van der Waals surface area contributed by atoms with Gasteiger partial charge in [-0.1, -0.05) is 51.4 Å². The summed E-state index contributed by atoms with van der Waals surface area (Å²) in [5.74, 6) is -0.232. The first-order chi connectivity index (χ1) is 19.2. The number of rotatable bonds is 5. The van der Waals surface area contributed by atoms with E-state index >= 15 is 0 Å². The van der Waals surface area contributed by atoms with E-state index in [9.17, 15) is 14.4 Å². The van der Waals surface area contributed by atoms with Crippen LogP contribution < -0.4 is 10.1 Å². The molecule has 1 aliphatic heterocycles. The molecule has 1 heterocycles. The number of ketones is 2. The molecular weight excluding hydrogens is 536 g/mol. The summed E-state index contributed by atoms with van der Waals surface area (Å²) in [6.45, 7) is 12.3. The fraction of sp³-hybridized carbons (Fsp3) is 0.441. The van der Waals surface area contributed by atoms with E-state index in [1.165, 1.54) is 0 Å². The van der Waals surface area contributed by atoms with Gasteiger partial charge >= 0.3 is 0 Å². The Morgan fingerprint density at radius 2 is 1.49 bits per heavy atom. The number of hydrogen-bond donors (Lipinski definition) is 1. The van der Waals surface area contributed by atoms with Gasteiger partial charge in [0.15, 0.2) is 18.2 Å². The monoisotopic (exact) mass is 574 g/mol. The lowest BCUT2D eigenvalue weighted by atomic mass is 9.64. The molecule has 7 heteroatoms. The van der Waals surface area contributed by atoms with E-state index in [1.54, 1.807) is 12.1 Å². The van der Waals surface area contributed by atoms with Crippen LogP contribution in [0.4, 0.5) is 5.69 Å². The Hall–Kier alpha value is -3.38. The Morgan fingerprint density at radius 1 is 0.902 bits per heavy atom. The zero-order valence-corrected chi connectivity index (χ0v) is 25.8. The molecule has 41 heavy (non-hydrogen) atoms. The molecule has 0 spiro atoms. The number of nitrogens with one attached hydrogen (secondary N) is 1.